The van der Waals surface area contributed by atoms with Crippen LogP contribution in [0.1, 0.15) is 10.4 Å². The van der Waals surface area contributed by atoms with Crippen LogP contribution in [0.3, 0.4) is 0 Å². The Hall–Kier alpha value is -2.43. The number of rotatable bonds is 5. The van der Waals surface area contributed by atoms with E-state index >= 15 is 0 Å². The minimum atomic E-state index is -3.85. The van der Waals surface area contributed by atoms with Crippen LogP contribution < -0.4 is 4.74 Å². The second-order valence-corrected chi connectivity index (χ2v) is 9.13. The van der Waals surface area contributed by atoms with Gasteiger partial charge in [0, 0.05) is 25.2 Å². The molecule has 0 aliphatic carbocycles. The molecule has 0 spiro atoms. The van der Waals surface area contributed by atoms with Crippen molar-refractivity contribution in [3.05, 3.63) is 47.3 Å². The predicted molar refractivity (Wildman–Crippen MR) is 103 cm³/mol. The maximum Gasteiger partial charge on any atom is 0.326 e. The zero-order valence-corrected chi connectivity index (χ0v) is 17.0. The monoisotopic (exact) mass is 424 g/mol. The van der Waals surface area contributed by atoms with E-state index in [0.717, 1.165) is 15.6 Å². The number of amides is 1. The maximum absolute atomic E-state index is 12.9. The molecule has 3 rings (SSSR count). The van der Waals surface area contributed by atoms with Gasteiger partial charge in [0.25, 0.3) is 15.9 Å². The van der Waals surface area contributed by atoms with E-state index in [1.54, 1.807) is 35.7 Å². The average molecular weight is 425 g/mol. The smallest absolute Gasteiger partial charge is 0.326 e. The number of carbonyl (C=O) groups is 2. The van der Waals surface area contributed by atoms with Crippen LogP contribution in [0.5, 0.6) is 5.75 Å². The van der Waals surface area contributed by atoms with Gasteiger partial charge in [-0.25, -0.2) is 8.42 Å². The summed E-state index contributed by atoms with van der Waals surface area (Å²) in [6, 6.07) is 8.61. The van der Waals surface area contributed by atoms with Crippen molar-refractivity contribution < 1.29 is 27.5 Å². The van der Waals surface area contributed by atoms with Gasteiger partial charge in [-0.05, 0) is 35.7 Å². The third-order valence-corrected chi connectivity index (χ3v) is 7.77. The first-order valence-electron chi connectivity index (χ1n) is 8.45. The molecule has 1 aliphatic rings. The van der Waals surface area contributed by atoms with Crippen molar-refractivity contribution in [1.29, 1.82) is 0 Å². The van der Waals surface area contributed by atoms with Crippen molar-refractivity contribution in [2.45, 2.75) is 10.3 Å². The van der Waals surface area contributed by atoms with E-state index in [0.29, 0.717) is 11.3 Å². The number of sulfonamides is 1. The van der Waals surface area contributed by atoms with Gasteiger partial charge in [0.15, 0.2) is 0 Å². The second kappa shape index (κ2) is 8.29. The standard InChI is InChI=1S/C18H20N2O6S2/c1-25-14-7-5-13(6-8-14)17(21)19-9-10-20(15(12-19)18(22)26-2)28(23,24)16-4-3-11-27-16/h3-8,11,15H,9-10,12H2,1-2H3. The Labute approximate surface area is 167 Å². The molecule has 8 nitrogen and oxygen atoms in total. The summed E-state index contributed by atoms with van der Waals surface area (Å²) in [5, 5.41) is 1.66. The van der Waals surface area contributed by atoms with Crippen LogP contribution in [0.2, 0.25) is 0 Å². The Morgan fingerprint density at radius 2 is 1.82 bits per heavy atom. The lowest BCUT2D eigenvalue weighted by atomic mass is 10.1. The zero-order valence-electron chi connectivity index (χ0n) is 15.4. The molecule has 150 valence electrons. The van der Waals surface area contributed by atoms with E-state index in [1.165, 1.54) is 25.2 Å². The van der Waals surface area contributed by atoms with Gasteiger partial charge in [0.2, 0.25) is 0 Å². The molecule has 1 aromatic carbocycles. The molecule has 1 atom stereocenters. The van der Waals surface area contributed by atoms with Gasteiger partial charge < -0.3 is 14.4 Å². The van der Waals surface area contributed by atoms with Crippen molar-refractivity contribution in [3.8, 4) is 5.75 Å². The van der Waals surface area contributed by atoms with Crippen LogP contribution in [-0.4, -0.2) is 69.4 Å². The fourth-order valence-corrected chi connectivity index (χ4v) is 5.69. The number of esters is 1. The first-order chi connectivity index (χ1) is 13.4. The largest absolute Gasteiger partial charge is 0.497 e. The molecule has 1 aliphatic heterocycles. The molecule has 2 heterocycles. The van der Waals surface area contributed by atoms with Crippen LogP contribution in [0.4, 0.5) is 0 Å². The summed E-state index contributed by atoms with van der Waals surface area (Å²) in [5.41, 5.74) is 0.430. The molecule has 0 bridgehead atoms. The van der Waals surface area contributed by atoms with E-state index in [1.807, 2.05) is 0 Å². The number of thiophene rings is 1. The highest BCUT2D eigenvalue weighted by atomic mass is 32.2. The number of hydrogen-bond donors (Lipinski definition) is 0. The Kier molecular flexibility index (Phi) is 6.01. The van der Waals surface area contributed by atoms with Crippen molar-refractivity contribution >= 4 is 33.2 Å². The third kappa shape index (κ3) is 3.89. The molecule has 1 saturated heterocycles. The summed E-state index contributed by atoms with van der Waals surface area (Å²) < 4.78 is 37.0. The second-order valence-electron chi connectivity index (χ2n) is 6.07. The molecule has 28 heavy (non-hydrogen) atoms. The lowest BCUT2D eigenvalue weighted by Crippen LogP contribution is -2.59. The normalized spacial score (nSPS) is 17.9. The summed E-state index contributed by atoms with van der Waals surface area (Å²) in [7, 11) is -1.12. The van der Waals surface area contributed by atoms with Crippen molar-refractivity contribution in [1.82, 2.24) is 9.21 Å². The Morgan fingerprint density at radius 1 is 1.11 bits per heavy atom. The van der Waals surface area contributed by atoms with Gasteiger partial charge in [-0.3, -0.25) is 9.59 Å². The topological polar surface area (TPSA) is 93.2 Å². The summed E-state index contributed by atoms with van der Waals surface area (Å²) in [4.78, 5) is 26.6. The number of piperazine rings is 1. The van der Waals surface area contributed by atoms with Gasteiger partial charge in [-0.15, -0.1) is 11.3 Å². The summed E-state index contributed by atoms with van der Waals surface area (Å²) in [5.74, 6) is -0.368. The molecule has 2 aromatic rings. The first-order valence-corrected chi connectivity index (χ1v) is 10.8. The van der Waals surface area contributed by atoms with Crippen LogP contribution in [0.15, 0.2) is 46.0 Å². The van der Waals surface area contributed by atoms with Gasteiger partial charge in [0.1, 0.15) is 16.0 Å². The van der Waals surface area contributed by atoms with E-state index in [-0.39, 0.29) is 29.8 Å². The maximum atomic E-state index is 12.9. The Morgan fingerprint density at radius 3 is 2.39 bits per heavy atom. The summed E-state index contributed by atoms with van der Waals surface area (Å²) in [6.07, 6.45) is 0. The first kappa shape index (κ1) is 20.3. The molecular formula is C18H20N2O6S2. The number of carbonyl (C=O) groups excluding carboxylic acids is 2. The van der Waals surface area contributed by atoms with Gasteiger partial charge >= 0.3 is 5.97 Å². The predicted octanol–water partition coefficient (Wildman–Crippen LogP) is 1.44. The Balaban J connectivity index is 1.84. The quantitative estimate of drug-likeness (QED) is 0.675. The molecule has 1 aromatic heterocycles. The lowest BCUT2D eigenvalue weighted by molar-refractivity contribution is -0.146. The highest BCUT2D eigenvalue weighted by molar-refractivity contribution is 7.91. The van der Waals surface area contributed by atoms with Crippen molar-refractivity contribution in [2.75, 3.05) is 33.9 Å². The summed E-state index contributed by atoms with van der Waals surface area (Å²) >= 11 is 1.08. The van der Waals surface area contributed by atoms with Gasteiger partial charge in [-0.1, -0.05) is 6.07 Å². The van der Waals surface area contributed by atoms with Crippen LogP contribution in [0.25, 0.3) is 0 Å². The molecule has 1 unspecified atom stereocenters. The third-order valence-electron chi connectivity index (χ3n) is 4.49. The van der Waals surface area contributed by atoms with Crippen LogP contribution in [-0.2, 0) is 19.6 Å². The van der Waals surface area contributed by atoms with Gasteiger partial charge in [0.05, 0.1) is 14.2 Å². The molecule has 1 amide bonds. The minimum Gasteiger partial charge on any atom is -0.497 e. The SMILES string of the molecule is COC(=O)C1CN(C(=O)c2ccc(OC)cc2)CCN1S(=O)(=O)c1cccs1. The van der Waals surface area contributed by atoms with Crippen molar-refractivity contribution in [2.24, 2.45) is 0 Å². The molecule has 1 fully saturated rings. The van der Waals surface area contributed by atoms with E-state index < -0.39 is 22.0 Å². The molecule has 10 heteroatoms. The van der Waals surface area contributed by atoms with Crippen molar-refractivity contribution in [3.63, 3.8) is 0 Å². The highest BCUT2D eigenvalue weighted by Gasteiger charge is 2.42. The van der Waals surface area contributed by atoms with E-state index in [2.05, 4.69) is 0 Å². The fourth-order valence-electron chi connectivity index (χ4n) is 3.01. The number of benzene rings is 1. The summed E-state index contributed by atoms with van der Waals surface area (Å²) in [6.45, 7) is 0.0903. The van der Waals surface area contributed by atoms with Crippen LogP contribution >= 0.6 is 11.3 Å². The molecular weight excluding hydrogens is 404 g/mol. The van der Waals surface area contributed by atoms with E-state index in [9.17, 15) is 18.0 Å². The van der Waals surface area contributed by atoms with E-state index in [4.69, 9.17) is 9.47 Å². The minimum absolute atomic E-state index is 0.00188. The fraction of sp³-hybridized carbons (Fsp3) is 0.333. The van der Waals surface area contributed by atoms with Crippen LogP contribution in [0, 0.1) is 0 Å². The molecule has 0 saturated carbocycles. The number of ether oxygens (including phenoxy) is 2. The number of nitrogens with zero attached hydrogens (tertiary/aromatic N) is 2. The number of methoxy groups -OCH3 is 2. The average Bonchev–Trinajstić information content (AvgIpc) is 3.28. The highest BCUT2D eigenvalue weighted by Crippen LogP contribution is 2.26. The number of hydrogen-bond acceptors (Lipinski definition) is 7. The molecule has 0 radical (unpaired) electrons. The lowest BCUT2D eigenvalue weighted by Gasteiger charge is -2.38. The van der Waals surface area contributed by atoms with Gasteiger partial charge in [-0.2, -0.15) is 4.31 Å². The Bertz CT molecular complexity index is 941. The molecule has 0 N–H and O–H groups in total. The zero-order chi connectivity index (χ0) is 20.3.